The third-order valence-corrected chi connectivity index (χ3v) is 3.62. The van der Waals surface area contributed by atoms with Gasteiger partial charge in [-0.05, 0) is 37.8 Å². The molecule has 0 aromatic rings. The molecular weight excluding hydrogens is 212 g/mol. The summed E-state index contributed by atoms with van der Waals surface area (Å²) in [4.78, 5) is 2.48. The van der Waals surface area contributed by atoms with Crippen LogP contribution in [0.15, 0.2) is 0 Å². The van der Waals surface area contributed by atoms with Gasteiger partial charge in [-0.3, -0.25) is 4.90 Å². The molecule has 17 heavy (non-hydrogen) atoms. The van der Waals surface area contributed by atoms with Gasteiger partial charge in [0.25, 0.3) is 0 Å². The summed E-state index contributed by atoms with van der Waals surface area (Å²) in [5, 5.41) is 12.9. The monoisotopic (exact) mass is 242 g/mol. The van der Waals surface area contributed by atoms with E-state index in [9.17, 15) is 5.11 Å². The Balaban J connectivity index is 2.38. The molecule has 1 heterocycles. The van der Waals surface area contributed by atoms with Crippen LogP contribution in [0.3, 0.4) is 0 Å². The van der Waals surface area contributed by atoms with Crippen molar-refractivity contribution in [2.24, 2.45) is 5.41 Å². The van der Waals surface area contributed by atoms with E-state index in [1.807, 2.05) is 0 Å². The van der Waals surface area contributed by atoms with Gasteiger partial charge in [-0.2, -0.15) is 0 Å². The van der Waals surface area contributed by atoms with Crippen molar-refractivity contribution in [3.63, 3.8) is 0 Å². The van der Waals surface area contributed by atoms with Crippen molar-refractivity contribution >= 4 is 0 Å². The van der Waals surface area contributed by atoms with Gasteiger partial charge in [0, 0.05) is 19.1 Å². The van der Waals surface area contributed by atoms with Crippen molar-refractivity contribution in [3.8, 4) is 0 Å². The van der Waals surface area contributed by atoms with E-state index in [-0.39, 0.29) is 0 Å². The number of piperidine rings is 1. The first-order valence-corrected chi connectivity index (χ1v) is 7.14. The SMILES string of the molecule is CCCNCC(C)(C)CN1CCCCC1CO. The Morgan fingerprint density at radius 2 is 2.12 bits per heavy atom. The Morgan fingerprint density at radius 3 is 2.76 bits per heavy atom. The number of aliphatic hydroxyl groups is 1. The number of aliphatic hydroxyl groups excluding tert-OH is 1. The smallest absolute Gasteiger partial charge is 0.0586 e. The molecule has 2 N–H and O–H groups in total. The van der Waals surface area contributed by atoms with Crippen LogP contribution in [0.4, 0.5) is 0 Å². The molecule has 1 aliphatic rings. The van der Waals surface area contributed by atoms with E-state index < -0.39 is 0 Å². The second-order valence-corrected chi connectivity index (χ2v) is 6.14. The van der Waals surface area contributed by atoms with Gasteiger partial charge in [-0.1, -0.05) is 27.2 Å². The molecule has 1 saturated heterocycles. The van der Waals surface area contributed by atoms with E-state index in [2.05, 4.69) is 31.0 Å². The third-order valence-electron chi connectivity index (χ3n) is 3.62. The maximum absolute atomic E-state index is 9.42. The maximum Gasteiger partial charge on any atom is 0.0586 e. The molecule has 0 aliphatic carbocycles. The lowest BCUT2D eigenvalue weighted by atomic mass is 9.90. The molecule has 1 fully saturated rings. The quantitative estimate of drug-likeness (QED) is 0.669. The number of nitrogens with one attached hydrogen (secondary N) is 1. The van der Waals surface area contributed by atoms with E-state index >= 15 is 0 Å². The van der Waals surface area contributed by atoms with Crippen LogP contribution in [-0.2, 0) is 0 Å². The number of nitrogens with zero attached hydrogens (tertiary/aromatic N) is 1. The Bertz CT molecular complexity index is 206. The van der Waals surface area contributed by atoms with Crippen molar-refractivity contribution in [2.75, 3.05) is 32.8 Å². The summed E-state index contributed by atoms with van der Waals surface area (Å²) in [6.45, 7) is 11.6. The lowest BCUT2D eigenvalue weighted by molar-refractivity contribution is 0.0576. The number of rotatable bonds is 7. The van der Waals surface area contributed by atoms with E-state index in [1.165, 1.54) is 19.3 Å². The minimum Gasteiger partial charge on any atom is -0.395 e. The molecule has 0 spiro atoms. The average molecular weight is 242 g/mol. The highest BCUT2D eigenvalue weighted by molar-refractivity contribution is 4.83. The zero-order valence-corrected chi connectivity index (χ0v) is 11.8. The fraction of sp³-hybridized carbons (Fsp3) is 1.00. The van der Waals surface area contributed by atoms with Crippen LogP contribution in [0, 0.1) is 5.41 Å². The van der Waals surface area contributed by atoms with E-state index in [0.29, 0.717) is 18.1 Å². The van der Waals surface area contributed by atoms with Gasteiger partial charge in [0.1, 0.15) is 0 Å². The fourth-order valence-electron chi connectivity index (χ4n) is 2.68. The molecule has 3 nitrogen and oxygen atoms in total. The number of likely N-dealkylation sites (tertiary alicyclic amines) is 1. The minimum absolute atomic E-state index is 0.292. The lowest BCUT2D eigenvalue weighted by Gasteiger charge is -2.40. The van der Waals surface area contributed by atoms with Gasteiger partial charge in [-0.25, -0.2) is 0 Å². The topological polar surface area (TPSA) is 35.5 Å². The van der Waals surface area contributed by atoms with Crippen molar-refractivity contribution in [1.29, 1.82) is 0 Å². The first-order chi connectivity index (χ1) is 8.09. The Hall–Kier alpha value is -0.120. The standard InChI is InChI=1S/C14H30N2O/c1-4-8-15-11-14(2,3)12-16-9-6-5-7-13(16)10-17/h13,15,17H,4-12H2,1-3H3. The Morgan fingerprint density at radius 1 is 1.35 bits per heavy atom. The van der Waals surface area contributed by atoms with Gasteiger partial charge in [0.2, 0.25) is 0 Å². The van der Waals surface area contributed by atoms with E-state index in [4.69, 9.17) is 0 Å². The molecule has 3 heteroatoms. The van der Waals surface area contributed by atoms with Gasteiger partial charge in [0.05, 0.1) is 6.61 Å². The van der Waals surface area contributed by atoms with Crippen LogP contribution >= 0.6 is 0 Å². The van der Waals surface area contributed by atoms with Crippen LogP contribution in [0.25, 0.3) is 0 Å². The molecule has 0 aromatic heterocycles. The van der Waals surface area contributed by atoms with E-state index in [1.54, 1.807) is 0 Å². The maximum atomic E-state index is 9.42. The largest absolute Gasteiger partial charge is 0.395 e. The second-order valence-electron chi connectivity index (χ2n) is 6.14. The van der Waals surface area contributed by atoms with Gasteiger partial charge < -0.3 is 10.4 Å². The normalized spacial score (nSPS) is 22.9. The molecule has 1 atom stereocenters. The summed E-state index contributed by atoms with van der Waals surface area (Å²) < 4.78 is 0. The van der Waals surface area contributed by atoms with Crippen LogP contribution in [0.2, 0.25) is 0 Å². The molecule has 0 bridgehead atoms. The highest BCUT2D eigenvalue weighted by Crippen LogP contribution is 2.23. The number of hydrogen-bond acceptors (Lipinski definition) is 3. The molecular formula is C14H30N2O. The first kappa shape index (κ1) is 14.9. The predicted molar refractivity (Wildman–Crippen MR) is 73.2 cm³/mol. The predicted octanol–water partition coefficient (Wildman–Crippen LogP) is 1.86. The zero-order valence-electron chi connectivity index (χ0n) is 11.8. The zero-order chi connectivity index (χ0) is 12.7. The molecule has 1 aliphatic heterocycles. The van der Waals surface area contributed by atoms with Crippen molar-refractivity contribution in [2.45, 2.75) is 52.5 Å². The third kappa shape index (κ3) is 5.36. The van der Waals surface area contributed by atoms with E-state index in [0.717, 1.165) is 32.6 Å². The molecule has 1 rings (SSSR count). The Kier molecular flexibility index (Phi) is 6.45. The molecule has 0 aromatic carbocycles. The van der Waals surface area contributed by atoms with Crippen LogP contribution in [0.5, 0.6) is 0 Å². The van der Waals surface area contributed by atoms with Crippen molar-refractivity contribution < 1.29 is 5.11 Å². The summed E-state index contributed by atoms with van der Waals surface area (Å²) in [6.07, 6.45) is 4.92. The van der Waals surface area contributed by atoms with Crippen LogP contribution in [-0.4, -0.2) is 48.8 Å². The molecule has 1 unspecified atom stereocenters. The van der Waals surface area contributed by atoms with Gasteiger partial charge >= 0.3 is 0 Å². The highest BCUT2D eigenvalue weighted by Gasteiger charge is 2.27. The molecule has 102 valence electrons. The van der Waals surface area contributed by atoms with Crippen LogP contribution in [0.1, 0.15) is 46.5 Å². The Labute approximate surface area is 107 Å². The molecule has 0 saturated carbocycles. The summed E-state index contributed by atoms with van der Waals surface area (Å²) in [7, 11) is 0. The van der Waals surface area contributed by atoms with Crippen molar-refractivity contribution in [3.05, 3.63) is 0 Å². The van der Waals surface area contributed by atoms with Gasteiger partial charge in [0.15, 0.2) is 0 Å². The minimum atomic E-state index is 0.292. The highest BCUT2D eigenvalue weighted by atomic mass is 16.3. The van der Waals surface area contributed by atoms with Gasteiger partial charge in [-0.15, -0.1) is 0 Å². The second kappa shape index (κ2) is 7.34. The van der Waals surface area contributed by atoms with Crippen LogP contribution < -0.4 is 5.32 Å². The molecule has 0 radical (unpaired) electrons. The fourth-order valence-corrected chi connectivity index (χ4v) is 2.68. The van der Waals surface area contributed by atoms with Crippen molar-refractivity contribution in [1.82, 2.24) is 10.2 Å². The summed E-state index contributed by atoms with van der Waals surface area (Å²) in [6, 6.07) is 0.397. The first-order valence-electron chi connectivity index (χ1n) is 7.14. The summed E-state index contributed by atoms with van der Waals surface area (Å²) >= 11 is 0. The summed E-state index contributed by atoms with van der Waals surface area (Å²) in [5.74, 6) is 0. The lowest BCUT2D eigenvalue weighted by Crippen LogP contribution is -2.48. The molecule has 0 amide bonds. The number of hydrogen-bond donors (Lipinski definition) is 2. The average Bonchev–Trinajstić information content (AvgIpc) is 2.29. The summed E-state index contributed by atoms with van der Waals surface area (Å²) in [5.41, 5.74) is 0.292.